The molecule has 3 N–H and O–H groups in total. The summed E-state index contributed by atoms with van der Waals surface area (Å²) in [4.78, 5) is 18.1. The monoisotopic (exact) mass is 245 g/mol. The van der Waals surface area contributed by atoms with Crippen molar-refractivity contribution in [3.05, 3.63) is 33.7 Å². The third kappa shape index (κ3) is 2.10. The average molecular weight is 245 g/mol. The highest BCUT2D eigenvalue weighted by Crippen LogP contribution is 2.31. The van der Waals surface area contributed by atoms with Gasteiger partial charge in [-0.15, -0.1) is 0 Å². The Morgan fingerprint density at radius 3 is 2.56 bits per heavy atom. The molecule has 1 heterocycles. The van der Waals surface area contributed by atoms with Gasteiger partial charge in [0.05, 0.1) is 5.52 Å². The summed E-state index contributed by atoms with van der Waals surface area (Å²) in [6, 6.07) is 4.08. The molecule has 1 unspecified atom stereocenters. The molecule has 0 spiro atoms. The van der Waals surface area contributed by atoms with E-state index in [0.29, 0.717) is 17.7 Å². The fraction of sp³-hybridized carbons (Fsp3) is 0.429. The molecule has 1 atom stereocenters. The number of nitrogen functional groups attached to an aromatic ring is 1. The molecule has 0 fully saturated rings. The number of nitrogens with one attached hydrogen (secondary N) is 1. The number of hydrogen-bond donors (Lipinski definition) is 2. The molecule has 18 heavy (non-hydrogen) atoms. The zero-order chi connectivity index (χ0) is 13.4. The van der Waals surface area contributed by atoms with Crippen LogP contribution in [0.4, 0.5) is 5.82 Å². The minimum Gasteiger partial charge on any atom is -0.383 e. The zero-order valence-corrected chi connectivity index (χ0v) is 11.2. The summed E-state index contributed by atoms with van der Waals surface area (Å²) >= 11 is 0. The third-order valence-corrected chi connectivity index (χ3v) is 3.53. The fourth-order valence-corrected chi connectivity index (χ4v) is 2.18. The number of fused-ring (bicyclic) bond motifs is 1. The molecule has 0 bridgehead atoms. The Morgan fingerprint density at radius 1 is 1.28 bits per heavy atom. The molecule has 2 aromatic rings. The predicted molar refractivity (Wildman–Crippen MR) is 74.8 cm³/mol. The number of H-pyrrole nitrogens is 1. The van der Waals surface area contributed by atoms with E-state index in [4.69, 9.17) is 5.73 Å². The Labute approximate surface area is 106 Å². The summed E-state index contributed by atoms with van der Waals surface area (Å²) < 4.78 is 0. The average Bonchev–Trinajstić information content (AvgIpc) is 2.28. The molecule has 0 aliphatic carbocycles. The van der Waals surface area contributed by atoms with Crippen molar-refractivity contribution in [3.63, 3.8) is 0 Å². The van der Waals surface area contributed by atoms with E-state index in [-0.39, 0.29) is 5.69 Å². The second kappa shape index (κ2) is 4.44. The van der Waals surface area contributed by atoms with Crippen LogP contribution >= 0.6 is 0 Å². The van der Waals surface area contributed by atoms with Gasteiger partial charge in [0.25, 0.3) is 0 Å². The quantitative estimate of drug-likeness (QED) is 0.854. The molecule has 0 saturated carbocycles. The lowest BCUT2D eigenvalue weighted by Gasteiger charge is -2.19. The molecular formula is C14H19N3O. The van der Waals surface area contributed by atoms with Crippen molar-refractivity contribution in [2.75, 3.05) is 5.73 Å². The van der Waals surface area contributed by atoms with Gasteiger partial charge in [0.1, 0.15) is 5.82 Å². The zero-order valence-electron chi connectivity index (χ0n) is 11.2. The van der Waals surface area contributed by atoms with Gasteiger partial charge in [0.2, 0.25) is 0 Å². The van der Waals surface area contributed by atoms with E-state index in [1.54, 1.807) is 0 Å². The van der Waals surface area contributed by atoms with Gasteiger partial charge in [0.15, 0.2) is 0 Å². The number of nitrogens with zero attached hydrogens (tertiary/aromatic N) is 1. The first-order valence-corrected chi connectivity index (χ1v) is 6.20. The molecule has 96 valence electrons. The minimum atomic E-state index is -0.388. The fourth-order valence-electron chi connectivity index (χ4n) is 2.18. The van der Waals surface area contributed by atoms with Gasteiger partial charge >= 0.3 is 5.69 Å². The standard InChI is InChI=1S/C14H19N3O/c1-7(2)9(4)10-5-8(3)6-11-12(10)16-14(18)17-13(11)15/h5-7,9H,1-4H3,(H3,15,16,17,18). The van der Waals surface area contributed by atoms with Crippen LogP contribution in [0.3, 0.4) is 0 Å². The summed E-state index contributed by atoms with van der Waals surface area (Å²) in [7, 11) is 0. The van der Waals surface area contributed by atoms with Gasteiger partial charge in [-0.05, 0) is 36.0 Å². The first-order chi connectivity index (χ1) is 8.40. The summed E-state index contributed by atoms with van der Waals surface area (Å²) in [5.41, 5.74) is 8.53. The summed E-state index contributed by atoms with van der Waals surface area (Å²) in [6.07, 6.45) is 0. The highest BCUT2D eigenvalue weighted by molar-refractivity contribution is 5.90. The van der Waals surface area contributed by atoms with Gasteiger partial charge in [0, 0.05) is 5.39 Å². The number of aromatic amines is 1. The second-order valence-electron chi connectivity index (χ2n) is 5.24. The van der Waals surface area contributed by atoms with E-state index in [0.717, 1.165) is 22.0 Å². The molecule has 1 aromatic carbocycles. The Kier molecular flexibility index (Phi) is 3.11. The van der Waals surface area contributed by atoms with Crippen LogP contribution in [0, 0.1) is 12.8 Å². The lowest BCUT2D eigenvalue weighted by Crippen LogP contribution is -2.15. The highest BCUT2D eigenvalue weighted by atomic mass is 16.1. The largest absolute Gasteiger partial charge is 0.383 e. The van der Waals surface area contributed by atoms with Crippen molar-refractivity contribution in [1.29, 1.82) is 0 Å². The highest BCUT2D eigenvalue weighted by Gasteiger charge is 2.16. The number of rotatable bonds is 2. The molecule has 0 saturated heterocycles. The molecule has 1 aromatic heterocycles. The van der Waals surface area contributed by atoms with Crippen LogP contribution in [-0.2, 0) is 0 Å². The molecule has 0 aliphatic rings. The Morgan fingerprint density at radius 2 is 1.94 bits per heavy atom. The van der Waals surface area contributed by atoms with E-state index in [2.05, 4.69) is 36.8 Å². The first-order valence-electron chi connectivity index (χ1n) is 6.20. The van der Waals surface area contributed by atoms with Crippen LogP contribution in [0.5, 0.6) is 0 Å². The molecule has 2 rings (SSSR count). The van der Waals surface area contributed by atoms with Crippen LogP contribution in [0.1, 0.15) is 37.8 Å². The Bertz CT molecular complexity index is 643. The number of hydrogen-bond acceptors (Lipinski definition) is 3. The lowest BCUT2D eigenvalue weighted by atomic mass is 9.88. The number of anilines is 1. The van der Waals surface area contributed by atoms with Crippen LogP contribution in [0.25, 0.3) is 10.9 Å². The number of benzene rings is 1. The number of aromatic nitrogens is 2. The van der Waals surface area contributed by atoms with Gasteiger partial charge in [-0.1, -0.05) is 26.8 Å². The molecule has 0 amide bonds. The minimum absolute atomic E-state index is 0.301. The second-order valence-corrected chi connectivity index (χ2v) is 5.24. The van der Waals surface area contributed by atoms with Crippen LogP contribution in [0.2, 0.25) is 0 Å². The summed E-state index contributed by atoms with van der Waals surface area (Å²) in [5.74, 6) is 1.15. The molecule has 0 aliphatic heterocycles. The number of nitrogens with two attached hydrogens (primary N) is 1. The van der Waals surface area contributed by atoms with Gasteiger partial charge in [-0.3, -0.25) is 0 Å². The van der Waals surface area contributed by atoms with Crippen molar-refractivity contribution in [2.45, 2.75) is 33.6 Å². The van der Waals surface area contributed by atoms with E-state index >= 15 is 0 Å². The third-order valence-electron chi connectivity index (χ3n) is 3.53. The lowest BCUT2D eigenvalue weighted by molar-refractivity contribution is 0.537. The molecule has 4 nitrogen and oxygen atoms in total. The van der Waals surface area contributed by atoms with Gasteiger partial charge in [-0.25, -0.2) is 4.79 Å². The van der Waals surface area contributed by atoms with E-state index in [1.807, 2.05) is 13.0 Å². The Balaban J connectivity index is 2.84. The van der Waals surface area contributed by atoms with Crippen molar-refractivity contribution >= 4 is 16.7 Å². The van der Waals surface area contributed by atoms with Crippen molar-refractivity contribution in [1.82, 2.24) is 9.97 Å². The maximum absolute atomic E-state index is 11.5. The SMILES string of the molecule is Cc1cc(C(C)C(C)C)c2[nH]c(=O)nc(N)c2c1. The number of aryl methyl sites for hydroxylation is 1. The normalized spacial score (nSPS) is 13.2. The maximum atomic E-state index is 11.5. The predicted octanol–water partition coefficient (Wildman–Crippen LogP) is 2.57. The topological polar surface area (TPSA) is 71.8 Å². The molecule has 4 heteroatoms. The van der Waals surface area contributed by atoms with E-state index < -0.39 is 0 Å². The Hall–Kier alpha value is -1.84. The van der Waals surface area contributed by atoms with Crippen LogP contribution in [-0.4, -0.2) is 9.97 Å². The van der Waals surface area contributed by atoms with Crippen LogP contribution in [0.15, 0.2) is 16.9 Å². The van der Waals surface area contributed by atoms with Crippen molar-refractivity contribution < 1.29 is 0 Å². The van der Waals surface area contributed by atoms with E-state index in [9.17, 15) is 4.79 Å². The maximum Gasteiger partial charge on any atom is 0.347 e. The van der Waals surface area contributed by atoms with E-state index in [1.165, 1.54) is 0 Å². The summed E-state index contributed by atoms with van der Waals surface area (Å²) in [6.45, 7) is 8.53. The first kappa shape index (κ1) is 12.6. The van der Waals surface area contributed by atoms with Gasteiger partial charge < -0.3 is 10.7 Å². The molecular weight excluding hydrogens is 226 g/mol. The summed E-state index contributed by atoms with van der Waals surface area (Å²) in [5, 5.41) is 0.831. The van der Waals surface area contributed by atoms with Gasteiger partial charge in [-0.2, -0.15) is 4.98 Å². The smallest absolute Gasteiger partial charge is 0.347 e. The van der Waals surface area contributed by atoms with Crippen LogP contribution < -0.4 is 11.4 Å². The van der Waals surface area contributed by atoms with Crippen molar-refractivity contribution in [2.24, 2.45) is 5.92 Å². The molecule has 0 radical (unpaired) electrons. The van der Waals surface area contributed by atoms with Crippen molar-refractivity contribution in [3.8, 4) is 0 Å².